The molecule has 0 spiro atoms. The van der Waals surface area contributed by atoms with E-state index < -0.39 is 4.92 Å². The number of nitrogens with zero attached hydrogens (tertiary/aromatic N) is 5. The lowest BCUT2D eigenvalue weighted by atomic mass is 10.2. The minimum Gasteiger partial charge on any atom is -0.492 e. The molecule has 9 heteroatoms. The molecule has 0 unspecified atom stereocenters. The van der Waals surface area contributed by atoms with E-state index in [9.17, 15) is 14.9 Å². The van der Waals surface area contributed by atoms with Gasteiger partial charge < -0.3 is 14.5 Å². The molecule has 1 aliphatic rings. The van der Waals surface area contributed by atoms with Gasteiger partial charge in [0.1, 0.15) is 23.7 Å². The van der Waals surface area contributed by atoms with Crippen molar-refractivity contribution >= 4 is 17.3 Å². The Morgan fingerprint density at radius 3 is 2.50 bits per heavy atom. The number of aromatic nitrogens is 2. The molecule has 1 aromatic heterocycles. The maximum atomic E-state index is 12.7. The molecule has 1 aliphatic heterocycles. The van der Waals surface area contributed by atoms with E-state index in [-0.39, 0.29) is 18.1 Å². The van der Waals surface area contributed by atoms with Gasteiger partial charge in [-0.2, -0.15) is 5.10 Å². The van der Waals surface area contributed by atoms with Crippen LogP contribution in [0.5, 0.6) is 5.75 Å². The molecule has 0 aliphatic carbocycles. The normalized spacial score (nSPS) is 14.2. The topological polar surface area (TPSA) is 93.7 Å². The molecule has 1 aromatic carbocycles. The van der Waals surface area contributed by atoms with Gasteiger partial charge in [0, 0.05) is 26.2 Å². The number of piperazine rings is 1. The summed E-state index contributed by atoms with van der Waals surface area (Å²) in [5.74, 6) is 0.762. The summed E-state index contributed by atoms with van der Waals surface area (Å²) in [6, 6.07) is 7.90. The lowest BCUT2D eigenvalue weighted by Gasteiger charge is -2.36. The zero-order valence-electron chi connectivity index (χ0n) is 16.4. The molecule has 150 valence electrons. The van der Waals surface area contributed by atoms with Crippen LogP contribution in [0.4, 0.5) is 11.4 Å². The van der Waals surface area contributed by atoms with Crippen LogP contribution < -0.4 is 9.64 Å². The van der Waals surface area contributed by atoms with Crippen molar-refractivity contribution in [1.82, 2.24) is 14.7 Å². The molecule has 9 nitrogen and oxygen atoms in total. The highest BCUT2D eigenvalue weighted by Gasteiger charge is 2.26. The Morgan fingerprint density at radius 2 is 1.89 bits per heavy atom. The second kappa shape index (κ2) is 8.28. The van der Waals surface area contributed by atoms with E-state index >= 15 is 0 Å². The predicted molar refractivity (Wildman–Crippen MR) is 105 cm³/mol. The number of rotatable bonds is 6. The first-order chi connectivity index (χ1) is 13.4. The Bertz CT molecular complexity index is 871. The third-order valence-electron chi connectivity index (χ3n) is 4.95. The molecule has 2 aromatic rings. The largest absolute Gasteiger partial charge is 0.492 e. The highest BCUT2D eigenvalue weighted by atomic mass is 16.6. The second-order valence-corrected chi connectivity index (χ2v) is 6.70. The van der Waals surface area contributed by atoms with Gasteiger partial charge in [-0.1, -0.05) is 12.1 Å². The summed E-state index contributed by atoms with van der Waals surface area (Å²) in [6.07, 6.45) is 0. The van der Waals surface area contributed by atoms with Crippen molar-refractivity contribution < 1.29 is 14.5 Å². The summed E-state index contributed by atoms with van der Waals surface area (Å²) in [6.45, 7) is 8.34. The van der Waals surface area contributed by atoms with Crippen LogP contribution >= 0.6 is 0 Å². The fourth-order valence-electron chi connectivity index (χ4n) is 3.53. The average molecular weight is 387 g/mol. The summed E-state index contributed by atoms with van der Waals surface area (Å²) in [5, 5.41) is 15.3. The minimum absolute atomic E-state index is 0.00997. The molecule has 1 amide bonds. The highest BCUT2D eigenvalue weighted by molar-refractivity contribution is 5.76. The van der Waals surface area contributed by atoms with Crippen LogP contribution in [0.2, 0.25) is 0 Å². The van der Waals surface area contributed by atoms with E-state index in [1.165, 1.54) is 4.68 Å². The van der Waals surface area contributed by atoms with Crippen molar-refractivity contribution in [3.05, 3.63) is 45.8 Å². The fraction of sp³-hybridized carbons (Fsp3) is 0.474. The number of amides is 1. The molecule has 3 rings (SSSR count). The number of benzene rings is 1. The second-order valence-electron chi connectivity index (χ2n) is 6.70. The Kier molecular flexibility index (Phi) is 5.81. The van der Waals surface area contributed by atoms with Gasteiger partial charge in [-0.3, -0.25) is 19.6 Å². The molecule has 0 bridgehead atoms. The molecule has 0 atom stereocenters. The first-order valence-electron chi connectivity index (χ1n) is 9.35. The summed E-state index contributed by atoms with van der Waals surface area (Å²) < 4.78 is 7.12. The third-order valence-corrected chi connectivity index (χ3v) is 4.95. The van der Waals surface area contributed by atoms with Crippen LogP contribution in [0.15, 0.2) is 24.3 Å². The molecule has 0 saturated carbocycles. The number of para-hydroxylation sites is 2. The smallest absolute Gasteiger partial charge is 0.312 e. The molecule has 0 N–H and O–H groups in total. The number of carbonyl (C=O) groups is 1. The van der Waals surface area contributed by atoms with Crippen LogP contribution in [0, 0.1) is 24.0 Å². The van der Waals surface area contributed by atoms with E-state index in [1.807, 2.05) is 31.2 Å². The number of hydrogen-bond donors (Lipinski definition) is 0. The Balaban J connectivity index is 1.63. The van der Waals surface area contributed by atoms with Gasteiger partial charge in [-0.25, -0.2) is 0 Å². The van der Waals surface area contributed by atoms with E-state index in [1.54, 1.807) is 18.7 Å². The maximum Gasteiger partial charge on any atom is 0.312 e. The van der Waals surface area contributed by atoms with Gasteiger partial charge in [0.25, 0.3) is 0 Å². The SMILES string of the molecule is CCOc1ccccc1N1CCN(C(=O)Cn2nc(C)c([N+](=O)[O-])c2C)CC1. The Morgan fingerprint density at radius 1 is 1.21 bits per heavy atom. The number of anilines is 1. The predicted octanol–water partition coefficient (Wildman–Crippen LogP) is 2.16. The summed E-state index contributed by atoms with van der Waals surface area (Å²) >= 11 is 0. The van der Waals surface area contributed by atoms with Gasteiger partial charge in [-0.05, 0) is 32.9 Å². The number of carbonyl (C=O) groups excluding carboxylic acids is 1. The number of aryl methyl sites for hydroxylation is 1. The number of nitro groups is 1. The quantitative estimate of drug-likeness (QED) is 0.557. The van der Waals surface area contributed by atoms with Crippen molar-refractivity contribution in [2.75, 3.05) is 37.7 Å². The molecular formula is C19H25N5O4. The maximum absolute atomic E-state index is 12.7. The van der Waals surface area contributed by atoms with Crippen LogP contribution in [0.3, 0.4) is 0 Å². The number of ether oxygens (including phenoxy) is 1. The van der Waals surface area contributed by atoms with Crippen molar-refractivity contribution in [2.45, 2.75) is 27.3 Å². The summed E-state index contributed by atoms with van der Waals surface area (Å²) in [7, 11) is 0. The van der Waals surface area contributed by atoms with E-state index in [4.69, 9.17) is 4.74 Å². The van der Waals surface area contributed by atoms with Gasteiger partial charge in [0.05, 0.1) is 17.2 Å². The lowest BCUT2D eigenvalue weighted by molar-refractivity contribution is -0.386. The zero-order valence-corrected chi connectivity index (χ0v) is 16.4. The van der Waals surface area contributed by atoms with Crippen molar-refractivity contribution in [3.8, 4) is 5.75 Å². The fourth-order valence-corrected chi connectivity index (χ4v) is 3.53. The summed E-state index contributed by atoms with van der Waals surface area (Å²) in [5.41, 5.74) is 1.74. The average Bonchev–Trinajstić information content (AvgIpc) is 2.96. The first-order valence-corrected chi connectivity index (χ1v) is 9.35. The van der Waals surface area contributed by atoms with Gasteiger partial charge in [-0.15, -0.1) is 0 Å². The lowest BCUT2D eigenvalue weighted by Crippen LogP contribution is -2.49. The van der Waals surface area contributed by atoms with Gasteiger partial charge in [0.2, 0.25) is 5.91 Å². The molecule has 0 radical (unpaired) electrons. The monoisotopic (exact) mass is 387 g/mol. The van der Waals surface area contributed by atoms with Crippen molar-refractivity contribution in [3.63, 3.8) is 0 Å². The van der Waals surface area contributed by atoms with Crippen LogP contribution in [-0.2, 0) is 11.3 Å². The van der Waals surface area contributed by atoms with E-state index in [0.717, 1.165) is 11.4 Å². The molecular weight excluding hydrogens is 362 g/mol. The van der Waals surface area contributed by atoms with Crippen LogP contribution in [0.1, 0.15) is 18.3 Å². The Labute approximate surface area is 163 Å². The first kappa shape index (κ1) is 19.7. The van der Waals surface area contributed by atoms with Crippen LogP contribution in [0.25, 0.3) is 0 Å². The van der Waals surface area contributed by atoms with Gasteiger partial charge >= 0.3 is 5.69 Å². The van der Waals surface area contributed by atoms with Crippen LogP contribution in [-0.4, -0.2) is 58.3 Å². The molecule has 28 heavy (non-hydrogen) atoms. The third kappa shape index (κ3) is 3.92. The summed E-state index contributed by atoms with van der Waals surface area (Å²) in [4.78, 5) is 27.3. The van der Waals surface area contributed by atoms with E-state index in [0.29, 0.717) is 44.2 Å². The molecule has 1 saturated heterocycles. The zero-order chi connectivity index (χ0) is 20.3. The standard InChI is InChI=1S/C19H25N5O4/c1-4-28-17-8-6-5-7-16(17)21-9-11-22(12-10-21)18(25)13-23-15(3)19(24(26)27)14(2)20-23/h5-8H,4,9-13H2,1-3H3. The highest BCUT2D eigenvalue weighted by Crippen LogP contribution is 2.29. The molecule has 1 fully saturated rings. The van der Waals surface area contributed by atoms with Crippen molar-refractivity contribution in [1.29, 1.82) is 0 Å². The minimum atomic E-state index is -0.451. The van der Waals surface area contributed by atoms with Crippen molar-refractivity contribution in [2.24, 2.45) is 0 Å². The molecule has 2 heterocycles. The van der Waals surface area contributed by atoms with Gasteiger partial charge in [0.15, 0.2) is 0 Å². The van der Waals surface area contributed by atoms with E-state index in [2.05, 4.69) is 10.00 Å². The Hall–Kier alpha value is -3.10. The number of hydrogen-bond acceptors (Lipinski definition) is 6.